The molecule has 3 rings (SSSR count). The molecule has 5 nitrogen and oxygen atoms in total. The van der Waals surface area contributed by atoms with E-state index in [1.165, 1.54) is 0 Å². The minimum atomic E-state index is -0.106. The molecule has 1 aliphatic heterocycles. The standard InChI is InChI=1S/C17H21N3O2/c1-13-2-4-15(5-3-13)17(21)19-16-10-18-20(12-16)11-14-6-8-22-9-7-14/h2-5,10,12,14H,6-9,11H2,1H3,(H,19,21). The first-order valence-corrected chi connectivity index (χ1v) is 7.69. The van der Waals surface area contributed by atoms with Gasteiger partial charge in [-0.1, -0.05) is 17.7 Å². The molecule has 0 radical (unpaired) electrons. The zero-order chi connectivity index (χ0) is 15.4. The Bertz CT molecular complexity index is 628. The van der Waals surface area contributed by atoms with Crippen LogP contribution in [0.5, 0.6) is 0 Å². The number of carbonyl (C=O) groups excluding carboxylic acids is 1. The maximum Gasteiger partial charge on any atom is 0.255 e. The first-order chi connectivity index (χ1) is 10.7. The summed E-state index contributed by atoms with van der Waals surface area (Å²) < 4.78 is 7.27. The molecule has 0 atom stereocenters. The molecule has 1 aliphatic rings. The third-order valence-electron chi connectivity index (χ3n) is 3.99. The van der Waals surface area contributed by atoms with Crippen molar-refractivity contribution in [2.24, 2.45) is 5.92 Å². The van der Waals surface area contributed by atoms with E-state index in [0.29, 0.717) is 11.5 Å². The van der Waals surface area contributed by atoms with Crippen LogP contribution < -0.4 is 5.32 Å². The lowest BCUT2D eigenvalue weighted by atomic mass is 10.0. The SMILES string of the molecule is Cc1ccc(C(=O)Nc2cnn(CC3CCOCC3)c2)cc1. The molecular formula is C17H21N3O2. The maximum atomic E-state index is 12.2. The summed E-state index contributed by atoms with van der Waals surface area (Å²) in [5.74, 6) is 0.500. The Labute approximate surface area is 130 Å². The molecule has 1 aromatic carbocycles. The molecule has 1 amide bonds. The Morgan fingerprint density at radius 1 is 1.32 bits per heavy atom. The molecule has 1 aromatic heterocycles. The Balaban J connectivity index is 1.58. The molecule has 0 bridgehead atoms. The predicted molar refractivity (Wildman–Crippen MR) is 84.9 cm³/mol. The minimum Gasteiger partial charge on any atom is -0.381 e. The summed E-state index contributed by atoms with van der Waals surface area (Å²) >= 11 is 0. The fourth-order valence-corrected chi connectivity index (χ4v) is 2.63. The summed E-state index contributed by atoms with van der Waals surface area (Å²) in [7, 11) is 0. The number of nitrogens with one attached hydrogen (secondary N) is 1. The van der Waals surface area contributed by atoms with Crippen LogP contribution in [0.4, 0.5) is 5.69 Å². The first kappa shape index (κ1) is 14.8. The van der Waals surface area contributed by atoms with Crippen LogP contribution in [-0.4, -0.2) is 28.9 Å². The zero-order valence-electron chi connectivity index (χ0n) is 12.8. The van der Waals surface area contributed by atoms with Crippen molar-refractivity contribution in [3.8, 4) is 0 Å². The normalized spacial score (nSPS) is 15.7. The van der Waals surface area contributed by atoms with Gasteiger partial charge in [-0.3, -0.25) is 9.48 Å². The molecule has 116 valence electrons. The number of rotatable bonds is 4. The number of benzene rings is 1. The monoisotopic (exact) mass is 299 g/mol. The average molecular weight is 299 g/mol. The second kappa shape index (κ2) is 6.75. The molecular weight excluding hydrogens is 278 g/mol. The number of nitrogens with zero attached hydrogens (tertiary/aromatic N) is 2. The van der Waals surface area contributed by atoms with Gasteiger partial charge in [0.05, 0.1) is 11.9 Å². The Morgan fingerprint density at radius 2 is 2.05 bits per heavy atom. The third kappa shape index (κ3) is 3.74. The molecule has 0 spiro atoms. The maximum absolute atomic E-state index is 12.2. The van der Waals surface area contributed by atoms with Crippen LogP contribution in [0, 0.1) is 12.8 Å². The van der Waals surface area contributed by atoms with Crippen molar-refractivity contribution in [2.75, 3.05) is 18.5 Å². The number of hydrogen-bond donors (Lipinski definition) is 1. The van der Waals surface area contributed by atoms with Crippen LogP contribution in [0.1, 0.15) is 28.8 Å². The molecule has 22 heavy (non-hydrogen) atoms. The van der Waals surface area contributed by atoms with E-state index >= 15 is 0 Å². The van der Waals surface area contributed by atoms with Crippen molar-refractivity contribution in [3.63, 3.8) is 0 Å². The van der Waals surface area contributed by atoms with E-state index in [0.717, 1.165) is 43.9 Å². The van der Waals surface area contributed by atoms with Crippen molar-refractivity contribution < 1.29 is 9.53 Å². The van der Waals surface area contributed by atoms with Crippen LogP contribution in [0.15, 0.2) is 36.7 Å². The van der Waals surface area contributed by atoms with Crippen molar-refractivity contribution in [2.45, 2.75) is 26.3 Å². The topological polar surface area (TPSA) is 56.2 Å². The highest BCUT2D eigenvalue weighted by atomic mass is 16.5. The number of aromatic nitrogens is 2. The van der Waals surface area contributed by atoms with Crippen LogP contribution in [0.3, 0.4) is 0 Å². The lowest BCUT2D eigenvalue weighted by Crippen LogP contribution is -2.20. The third-order valence-corrected chi connectivity index (χ3v) is 3.99. The van der Waals surface area contributed by atoms with Crippen molar-refractivity contribution in [3.05, 3.63) is 47.8 Å². The zero-order valence-corrected chi connectivity index (χ0v) is 12.8. The fraction of sp³-hybridized carbons (Fsp3) is 0.412. The molecule has 1 fully saturated rings. The van der Waals surface area contributed by atoms with E-state index in [1.807, 2.05) is 42.1 Å². The van der Waals surface area contributed by atoms with Crippen LogP contribution >= 0.6 is 0 Å². The van der Waals surface area contributed by atoms with Crippen LogP contribution in [-0.2, 0) is 11.3 Å². The van der Waals surface area contributed by atoms with E-state index in [2.05, 4.69) is 10.4 Å². The van der Waals surface area contributed by atoms with E-state index < -0.39 is 0 Å². The number of ether oxygens (including phenoxy) is 1. The van der Waals surface area contributed by atoms with Gasteiger partial charge in [-0.05, 0) is 37.8 Å². The van der Waals surface area contributed by atoms with E-state index in [9.17, 15) is 4.79 Å². The van der Waals surface area contributed by atoms with Gasteiger partial charge in [-0.15, -0.1) is 0 Å². The fourth-order valence-electron chi connectivity index (χ4n) is 2.63. The van der Waals surface area contributed by atoms with E-state index in [4.69, 9.17) is 4.74 Å². The minimum absolute atomic E-state index is 0.106. The van der Waals surface area contributed by atoms with Gasteiger partial charge in [-0.25, -0.2) is 0 Å². The summed E-state index contributed by atoms with van der Waals surface area (Å²) in [5, 5.41) is 7.22. The lowest BCUT2D eigenvalue weighted by molar-refractivity contribution is 0.0601. The highest BCUT2D eigenvalue weighted by molar-refractivity contribution is 6.04. The predicted octanol–water partition coefficient (Wildman–Crippen LogP) is 2.87. The first-order valence-electron chi connectivity index (χ1n) is 7.69. The van der Waals surface area contributed by atoms with Crippen LogP contribution in [0.2, 0.25) is 0 Å². The summed E-state index contributed by atoms with van der Waals surface area (Å²) in [6, 6.07) is 7.53. The quantitative estimate of drug-likeness (QED) is 0.944. The summed E-state index contributed by atoms with van der Waals surface area (Å²) in [6.07, 6.45) is 5.74. The molecule has 2 heterocycles. The molecule has 2 aromatic rings. The van der Waals surface area contributed by atoms with Gasteiger partial charge in [0.25, 0.3) is 5.91 Å². The number of carbonyl (C=O) groups is 1. The van der Waals surface area contributed by atoms with Gasteiger partial charge in [0.1, 0.15) is 0 Å². The number of aryl methyl sites for hydroxylation is 1. The number of anilines is 1. The van der Waals surface area contributed by atoms with Crippen molar-refractivity contribution >= 4 is 11.6 Å². The average Bonchev–Trinajstić information content (AvgIpc) is 2.96. The largest absolute Gasteiger partial charge is 0.381 e. The van der Waals surface area contributed by atoms with E-state index in [-0.39, 0.29) is 5.91 Å². The second-order valence-electron chi connectivity index (χ2n) is 5.83. The lowest BCUT2D eigenvalue weighted by Gasteiger charge is -2.21. The summed E-state index contributed by atoms with van der Waals surface area (Å²) in [5.41, 5.74) is 2.53. The summed E-state index contributed by atoms with van der Waals surface area (Å²) in [4.78, 5) is 12.2. The van der Waals surface area contributed by atoms with Gasteiger partial charge in [0.2, 0.25) is 0 Å². The molecule has 0 aliphatic carbocycles. The Morgan fingerprint density at radius 3 is 2.77 bits per heavy atom. The van der Waals surface area contributed by atoms with Crippen LogP contribution in [0.25, 0.3) is 0 Å². The molecule has 0 saturated carbocycles. The molecule has 5 heteroatoms. The number of hydrogen-bond acceptors (Lipinski definition) is 3. The van der Waals surface area contributed by atoms with Gasteiger partial charge in [0.15, 0.2) is 0 Å². The van der Waals surface area contributed by atoms with Gasteiger partial charge in [-0.2, -0.15) is 5.10 Å². The Hall–Kier alpha value is -2.14. The van der Waals surface area contributed by atoms with Crippen molar-refractivity contribution in [1.29, 1.82) is 0 Å². The molecule has 1 saturated heterocycles. The number of amides is 1. The van der Waals surface area contributed by atoms with Gasteiger partial charge >= 0.3 is 0 Å². The van der Waals surface area contributed by atoms with Gasteiger partial charge in [0, 0.05) is 31.5 Å². The second-order valence-corrected chi connectivity index (χ2v) is 5.83. The summed E-state index contributed by atoms with van der Waals surface area (Å²) in [6.45, 7) is 4.55. The van der Waals surface area contributed by atoms with E-state index in [1.54, 1.807) is 6.20 Å². The van der Waals surface area contributed by atoms with Crippen molar-refractivity contribution in [1.82, 2.24) is 9.78 Å². The molecule has 1 N–H and O–H groups in total. The highest BCUT2D eigenvalue weighted by Crippen LogP contribution is 2.17. The van der Waals surface area contributed by atoms with Gasteiger partial charge < -0.3 is 10.1 Å². The highest BCUT2D eigenvalue weighted by Gasteiger charge is 2.15. The molecule has 0 unspecified atom stereocenters. The Kier molecular flexibility index (Phi) is 4.53. The smallest absolute Gasteiger partial charge is 0.255 e.